The molecule has 1 aliphatic heterocycles. The number of aromatic hydroxyl groups is 1. The minimum atomic E-state index is -4.32. The summed E-state index contributed by atoms with van der Waals surface area (Å²) in [6.07, 6.45) is -3.68. The molecule has 1 aromatic carbocycles. The maximum Gasteiger partial charge on any atom is 0.401 e. The summed E-state index contributed by atoms with van der Waals surface area (Å²) in [5.41, 5.74) is 1.88. The van der Waals surface area contributed by atoms with E-state index in [0.29, 0.717) is 19.5 Å². The largest absolute Gasteiger partial charge is 0.508 e. The highest BCUT2D eigenvalue weighted by Gasteiger charge is 2.27. The Morgan fingerprint density at radius 2 is 2.10 bits per heavy atom. The lowest BCUT2D eigenvalue weighted by Crippen LogP contribution is -2.43. The third kappa shape index (κ3) is 3.86. The van der Waals surface area contributed by atoms with Crippen LogP contribution in [0, 0.1) is 0 Å². The highest BCUT2D eigenvalue weighted by Crippen LogP contribution is 2.23. The molecule has 1 aromatic rings. The average Bonchev–Trinajstić information content (AvgIpc) is 2.36. The van der Waals surface area contributed by atoms with Crippen molar-refractivity contribution >= 4 is 5.91 Å². The number of fused-ring (bicyclic) bond motifs is 1. The maximum absolute atomic E-state index is 12.0. The Bertz CT molecular complexity index is 503. The molecule has 0 radical (unpaired) electrons. The molecule has 2 rings (SSSR count). The molecule has 0 atom stereocenters. The molecule has 20 heavy (non-hydrogen) atoms. The second-order valence-electron chi connectivity index (χ2n) is 4.74. The van der Waals surface area contributed by atoms with E-state index in [1.54, 1.807) is 18.2 Å². The molecule has 0 saturated heterocycles. The Morgan fingerprint density at radius 1 is 1.35 bits per heavy atom. The van der Waals surface area contributed by atoms with Crippen molar-refractivity contribution in [3.63, 3.8) is 0 Å². The van der Waals surface area contributed by atoms with Gasteiger partial charge >= 0.3 is 6.18 Å². The van der Waals surface area contributed by atoms with Gasteiger partial charge in [-0.2, -0.15) is 13.2 Å². The molecule has 0 fully saturated rings. The minimum Gasteiger partial charge on any atom is -0.508 e. The number of phenols is 1. The first-order valence-corrected chi connectivity index (χ1v) is 6.21. The van der Waals surface area contributed by atoms with Crippen LogP contribution in [0.3, 0.4) is 0 Å². The summed E-state index contributed by atoms with van der Waals surface area (Å²) >= 11 is 0. The van der Waals surface area contributed by atoms with Gasteiger partial charge in [-0.25, -0.2) is 0 Å². The van der Waals surface area contributed by atoms with Gasteiger partial charge in [0.2, 0.25) is 5.91 Å². The van der Waals surface area contributed by atoms with Gasteiger partial charge in [0.1, 0.15) is 5.75 Å². The molecule has 0 unspecified atom stereocenters. The lowest BCUT2D eigenvalue weighted by molar-refractivity contribution is -0.134. The fraction of sp³-hybridized carbons (Fsp3) is 0.462. The summed E-state index contributed by atoms with van der Waals surface area (Å²) in [6, 6.07) is 4.97. The monoisotopic (exact) mass is 288 g/mol. The molecular formula is C13H15F3N2O2. The van der Waals surface area contributed by atoms with Crippen LogP contribution in [-0.4, -0.2) is 41.7 Å². The smallest absolute Gasteiger partial charge is 0.401 e. The van der Waals surface area contributed by atoms with Gasteiger partial charge in [-0.15, -0.1) is 0 Å². The van der Waals surface area contributed by atoms with Crippen LogP contribution in [0.2, 0.25) is 0 Å². The summed E-state index contributed by atoms with van der Waals surface area (Å²) in [4.78, 5) is 13.3. The molecule has 1 amide bonds. The first-order chi connectivity index (χ1) is 9.35. The third-order valence-electron chi connectivity index (χ3n) is 3.16. The molecule has 1 aliphatic rings. The summed E-state index contributed by atoms with van der Waals surface area (Å²) in [5.74, 6) is -0.253. The number of alkyl halides is 3. The Kier molecular flexibility index (Phi) is 4.17. The van der Waals surface area contributed by atoms with Gasteiger partial charge in [-0.1, -0.05) is 6.07 Å². The van der Waals surface area contributed by atoms with E-state index in [2.05, 4.69) is 5.32 Å². The van der Waals surface area contributed by atoms with Crippen LogP contribution in [0.4, 0.5) is 13.2 Å². The SMILES string of the molecule is O=C(CNCC(F)(F)F)N1CCc2ccc(O)cc2C1. The van der Waals surface area contributed by atoms with Crippen LogP contribution in [-0.2, 0) is 17.8 Å². The number of halogens is 3. The Balaban J connectivity index is 1.90. The predicted molar refractivity (Wildman–Crippen MR) is 66.2 cm³/mol. The fourth-order valence-corrected chi connectivity index (χ4v) is 2.18. The molecule has 0 saturated carbocycles. The first kappa shape index (κ1) is 14.6. The summed E-state index contributed by atoms with van der Waals surface area (Å²) in [7, 11) is 0. The number of carbonyl (C=O) groups is 1. The zero-order valence-corrected chi connectivity index (χ0v) is 10.7. The molecule has 110 valence electrons. The van der Waals surface area contributed by atoms with Crippen LogP contribution in [0.1, 0.15) is 11.1 Å². The zero-order chi connectivity index (χ0) is 14.8. The fourth-order valence-electron chi connectivity index (χ4n) is 2.18. The normalized spacial score (nSPS) is 15.1. The molecule has 7 heteroatoms. The van der Waals surface area contributed by atoms with E-state index >= 15 is 0 Å². The average molecular weight is 288 g/mol. The number of carbonyl (C=O) groups excluding carboxylic acids is 1. The quantitative estimate of drug-likeness (QED) is 0.884. The minimum absolute atomic E-state index is 0.119. The van der Waals surface area contributed by atoms with E-state index in [1.807, 2.05) is 0 Å². The van der Waals surface area contributed by atoms with Crippen molar-refractivity contribution in [3.05, 3.63) is 29.3 Å². The van der Waals surface area contributed by atoms with Crippen molar-refractivity contribution in [3.8, 4) is 5.75 Å². The van der Waals surface area contributed by atoms with Crippen LogP contribution in [0.15, 0.2) is 18.2 Å². The van der Waals surface area contributed by atoms with Gasteiger partial charge in [0, 0.05) is 13.1 Å². The number of nitrogens with one attached hydrogen (secondary N) is 1. The predicted octanol–water partition coefficient (Wildman–Crippen LogP) is 1.43. The van der Waals surface area contributed by atoms with Crippen LogP contribution < -0.4 is 5.32 Å². The van der Waals surface area contributed by atoms with Gasteiger partial charge in [-0.05, 0) is 29.7 Å². The maximum atomic E-state index is 12.0. The molecule has 1 heterocycles. The van der Waals surface area contributed by atoms with Gasteiger partial charge in [0.25, 0.3) is 0 Å². The van der Waals surface area contributed by atoms with Crippen LogP contribution in [0.5, 0.6) is 5.75 Å². The van der Waals surface area contributed by atoms with Gasteiger partial charge in [0.05, 0.1) is 13.1 Å². The van der Waals surface area contributed by atoms with Gasteiger partial charge in [-0.3, -0.25) is 4.79 Å². The van der Waals surface area contributed by atoms with E-state index in [4.69, 9.17) is 0 Å². The van der Waals surface area contributed by atoms with Crippen molar-refractivity contribution in [2.45, 2.75) is 19.1 Å². The molecule has 4 nitrogen and oxygen atoms in total. The number of rotatable bonds is 3. The van der Waals surface area contributed by atoms with E-state index in [-0.39, 0.29) is 18.2 Å². The Morgan fingerprint density at radius 3 is 2.80 bits per heavy atom. The number of amides is 1. The summed E-state index contributed by atoms with van der Waals surface area (Å²) in [5, 5.41) is 11.5. The van der Waals surface area contributed by atoms with E-state index in [9.17, 15) is 23.1 Å². The second kappa shape index (κ2) is 5.70. The Hall–Kier alpha value is -1.76. The standard InChI is InChI=1S/C13H15F3N2O2/c14-13(15,16)8-17-6-12(20)18-4-3-9-1-2-11(19)5-10(9)7-18/h1-2,5,17,19H,3-4,6-8H2. The number of hydrogen-bond acceptors (Lipinski definition) is 3. The summed E-state index contributed by atoms with van der Waals surface area (Å²) < 4.78 is 35.9. The summed E-state index contributed by atoms with van der Waals surface area (Å²) in [6.45, 7) is -0.724. The van der Waals surface area contributed by atoms with E-state index in [1.165, 1.54) is 4.90 Å². The topological polar surface area (TPSA) is 52.6 Å². The van der Waals surface area contributed by atoms with E-state index < -0.39 is 12.7 Å². The number of hydrogen-bond donors (Lipinski definition) is 2. The second-order valence-corrected chi connectivity index (χ2v) is 4.74. The lowest BCUT2D eigenvalue weighted by atomic mass is 9.99. The lowest BCUT2D eigenvalue weighted by Gasteiger charge is -2.29. The highest BCUT2D eigenvalue weighted by atomic mass is 19.4. The zero-order valence-electron chi connectivity index (χ0n) is 10.7. The van der Waals surface area contributed by atoms with Crippen molar-refractivity contribution < 1.29 is 23.1 Å². The highest BCUT2D eigenvalue weighted by molar-refractivity contribution is 5.78. The number of nitrogens with zero attached hydrogens (tertiary/aromatic N) is 1. The van der Waals surface area contributed by atoms with Crippen molar-refractivity contribution in [2.24, 2.45) is 0 Å². The molecular weight excluding hydrogens is 273 g/mol. The van der Waals surface area contributed by atoms with E-state index in [0.717, 1.165) is 11.1 Å². The van der Waals surface area contributed by atoms with Crippen molar-refractivity contribution in [1.82, 2.24) is 10.2 Å². The molecule has 0 aromatic heterocycles. The van der Waals surface area contributed by atoms with Gasteiger partial charge < -0.3 is 15.3 Å². The Labute approximate surface area is 114 Å². The first-order valence-electron chi connectivity index (χ1n) is 6.21. The number of phenolic OH excluding ortho intramolecular Hbond substituents is 1. The molecule has 2 N–H and O–H groups in total. The third-order valence-corrected chi connectivity index (χ3v) is 3.16. The van der Waals surface area contributed by atoms with Crippen molar-refractivity contribution in [2.75, 3.05) is 19.6 Å². The molecule has 0 spiro atoms. The van der Waals surface area contributed by atoms with Crippen molar-refractivity contribution in [1.29, 1.82) is 0 Å². The van der Waals surface area contributed by atoms with Crippen LogP contribution in [0.25, 0.3) is 0 Å². The molecule has 0 bridgehead atoms. The number of benzene rings is 1. The van der Waals surface area contributed by atoms with Crippen LogP contribution >= 0.6 is 0 Å². The molecule has 0 aliphatic carbocycles. The van der Waals surface area contributed by atoms with Gasteiger partial charge in [0.15, 0.2) is 0 Å².